The molecule has 0 spiro atoms. The molecule has 180 valence electrons. The highest BCUT2D eigenvalue weighted by molar-refractivity contribution is 6.30. The zero-order valence-corrected chi connectivity index (χ0v) is 20.0. The lowest BCUT2D eigenvalue weighted by Crippen LogP contribution is -2.36. The number of H-pyrrole nitrogens is 1. The molecule has 3 aromatic carbocycles. The Morgan fingerprint density at radius 3 is 2.56 bits per heavy atom. The molecule has 1 aliphatic rings. The maximum absolute atomic E-state index is 11.2. The smallest absolute Gasteiger partial charge is 0.267 e. The number of aromatic amines is 1. The van der Waals surface area contributed by atoms with Gasteiger partial charge in [-0.15, -0.1) is 0 Å². The summed E-state index contributed by atoms with van der Waals surface area (Å²) in [6.45, 7) is 2.94. The molecule has 1 aliphatic heterocycles. The highest BCUT2D eigenvalue weighted by Gasteiger charge is 2.17. The molecule has 0 saturated carbocycles. The van der Waals surface area contributed by atoms with Crippen LogP contribution in [0.2, 0.25) is 5.02 Å². The minimum atomic E-state index is -0.581. The van der Waals surface area contributed by atoms with Crippen molar-refractivity contribution in [2.24, 2.45) is 0 Å². The third-order valence-electron chi connectivity index (χ3n) is 5.86. The number of nitrogens with zero attached hydrogens (tertiary/aromatic N) is 2. The van der Waals surface area contributed by atoms with Crippen LogP contribution < -0.4 is 10.4 Å². The van der Waals surface area contributed by atoms with Crippen molar-refractivity contribution < 1.29 is 14.7 Å². The van der Waals surface area contributed by atoms with E-state index in [0.29, 0.717) is 18.2 Å². The molecule has 1 fully saturated rings. The normalized spacial score (nSPS) is 13.6. The topological polar surface area (TPSA) is 90.5 Å². The van der Waals surface area contributed by atoms with Crippen molar-refractivity contribution in [1.29, 1.82) is 0 Å². The number of nitrogens with one attached hydrogen (secondary N) is 2. The average molecular weight is 499 g/mol. The van der Waals surface area contributed by atoms with E-state index in [1.807, 2.05) is 54.6 Å². The first kappa shape index (κ1) is 23.6. The van der Waals surface area contributed by atoms with E-state index in [1.165, 1.54) is 6.08 Å². The predicted octanol–water partition coefficient (Wildman–Crippen LogP) is 4.64. The van der Waals surface area contributed by atoms with Crippen LogP contribution in [-0.2, 0) is 9.53 Å². The van der Waals surface area contributed by atoms with Crippen molar-refractivity contribution in [2.75, 3.05) is 31.2 Å². The summed E-state index contributed by atoms with van der Waals surface area (Å²) >= 11 is 6.01. The summed E-state index contributed by atoms with van der Waals surface area (Å²) in [5, 5.41) is 9.29. The lowest BCUT2D eigenvalue weighted by molar-refractivity contribution is -0.124. The van der Waals surface area contributed by atoms with E-state index in [9.17, 15) is 4.79 Å². The van der Waals surface area contributed by atoms with Gasteiger partial charge in [0, 0.05) is 35.3 Å². The number of amides is 1. The molecule has 1 amide bonds. The van der Waals surface area contributed by atoms with Crippen LogP contribution in [0, 0.1) is 11.8 Å². The molecule has 3 N–H and O–H groups in total. The van der Waals surface area contributed by atoms with Gasteiger partial charge in [-0.1, -0.05) is 47.7 Å². The maximum Gasteiger partial charge on any atom is 0.267 e. The maximum atomic E-state index is 11.2. The van der Waals surface area contributed by atoms with Crippen LogP contribution in [0.25, 0.3) is 28.5 Å². The minimum absolute atomic E-state index is 0.581. The quantitative estimate of drug-likeness (QED) is 0.165. The fraction of sp³-hybridized carbons (Fsp3) is 0.143. The Morgan fingerprint density at radius 1 is 1.08 bits per heavy atom. The number of hydrogen-bond acceptors (Lipinski definition) is 5. The molecule has 4 aromatic rings. The molecule has 36 heavy (non-hydrogen) atoms. The number of morpholine rings is 1. The van der Waals surface area contributed by atoms with Crippen LogP contribution in [0.15, 0.2) is 66.7 Å². The average Bonchev–Trinajstić information content (AvgIpc) is 3.34. The summed E-state index contributed by atoms with van der Waals surface area (Å²) in [6, 6.07) is 19.2. The van der Waals surface area contributed by atoms with Crippen LogP contribution in [0.4, 0.5) is 5.69 Å². The lowest BCUT2D eigenvalue weighted by Gasteiger charge is -2.29. The van der Waals surface area contributed by atoms with E-state index in [0.717, 1.165) is 57.9 Å². The lowest BCUT2D eigenvalue weighted by atomic mass is 10.1. The fourth-order valence-electron chi connectivity index (χ4n) is 3.98. The van der Waals surface area contributed by atoms with Gasteiger partial charge < -0.3 is 14.6 Å². The number of carbonyl (C=O) groups excluding carboxylic acids is 1. The number of hydroxylamine groups is 1. The molecule has 1 saturated heterocycles. The van der Waals surface area contributed by atoms with Crippen LogP contribution in [0.3, 0.4) is 0 Å². The first-order chi connectivity index (χ1) is 17.6. The van der Waals surface area contributed by atoms with Crippen molar-refractivity contribution in [3.63, 3.8) is 0 Å². The molecule has 0 bridgehead atoms. The predicted molar refractivity (Wildman–Crippen MR) is 141 cm³/mol. The molecular weight excluding hydrogens is 476 g/mol. The first-order valence-electron chi connectivity index (χ1n) is 11.5. The number of aromatic nitrogens is 2. The second-order valence-corrected chi connectivity index (χ2v) is 8.70. The van der Waals surface area contributed by atoms with E-state index in [1.54, 1.807) is 11.6 Å². The largest absolute Gasteiger partial charge is 0.378 e. The Morgan fingerprint density at radius 2 is 1.83 bits per heavy atom. The fourth-order valence-corrected chi connectivity index (χ4v) is 4.11. The summed E-state index contributed by atoms with van der Waals surface area (Å²) in [5.41, 5.74) is 7.90. The van der Waals surface area contributed by atoms with E-state index < -0.39 is 5.91 Å². The number of benzene rings is 3. The molecule has 7 nitrogen and oxygen atoms in total. The monoisotopic (exact) mass is 498 g/mol. The number of halogens is 1. The zero-order valence-electron chi connectivity index (χ0n) is 19.3. The molecule has 0 aliphatic carbocycles. The van der Waals surface area contributed by atoms with Gasteiger partial charge in [0.1, 0.15) is 5.82 Å². The second kappa shape index (κ2) is 10.7. The number of hydrogen-bond donors (Lipinski definition) is 3. The summed E-state index contributed by atoms with van der Waals surface area (Å²) in [7, 11) is 0. The van der Waals surface area contributed by atoms with Crippen molar-refractivity contribution in [3.05, 3.63) is 88.5 Å². The summed E-state index contributed by atoms with van der Waals surface area (Å²) in [6.07, 6.45) is 2.88. The summed E-state index contributed by atoms with van der Waals surface area (Å²) in [5.74, 6) is 6.75. The number of fused-ring (bicyclic) bond motifs is 1. The third-order valence-corrected chi connectivity index (χ3v) is 6.11. The Labute approximate surface area is 213 Å². The van der Waals surface area contributed by atoms with Gasteiger partial charge in [-0.25, -0.2) is 10.5 Å². The Bertz CT molecular complexity index is 1480. The summed E-state index contributed by atoms with van der Waals surface area (Å²) in [4.78, 5) is 21.7. The zero-order chi connectivity index (χ0) is 24.9. The number of rotatable bonds is 4. The number of imidazole rings is 1. The van der Waals surface area contributed by atoms with Crippen molar-refractivity contribution >= 4 is 40.3 Å². The molecule has 0 unspecified atom stereocenters. The Kier molecular flexibility index (Phi) is 7.01. The van der Waals surface area contributed by atoms with E-state index in [-0.39, 0.29) is 0 Å². The molecule has 1 aromatic heterocycles. The van der Waals surface area contributed by atoms with Gasteiger partial charge in [-0.2, -0.15) is 0 Å². The van der Waals surface area contributed by atoms with Crippen LogP contribution >= 0.6 is 11.6 Å². The van der Waals surface area contributed by atoms with Crippen molar-refractivity contribution in [1.82, 2.24) is 15.4 Å². The van der Waals surface area contributed by atoms with Gasteiger partial charge in [0.2, 0.25) is 0 Å². The molecule has 2 heterocycles. The van der Waals surface area contributed by atoms with Gasteiger partial charge in [0.15, 0.2) is 0 Å². The standard InChI is InChI=1S/C28H23ClN4O3/c29-23-10-4-20(5-11-23)3-9-22-17-24-25(18-26(22)33-13-15-36-16-14-33)31-28(30-24)21-7-1-19(2-8-21)6-12-27(34)32-35/h1-2,4-8,10-12,17-18,35H,13-16H2,(H,30,31)(H,32,34)/b12-6+. The third kappa shape index (κ3) is 5.42. The van der Waals surface area contributed by atoms with Gasteiger partial charge >= 0.3 is 0 Å². The Balaban J connectivity index is 1.50. The molecule has 0 radical (unpaired) electrons. The first-order valence-corrected chi connectivity index (χ1v) is 11.8. The molecule has 8 heteroatoms. The second-order valence-electron chi connectivity index (χ2n) is 8.26. The van der Waals surface area contributed by atoms with E-state index in [2.05, 4.69) is 27.8 Å². The number of carbonyl (C=O) groups is 1. The van der Waals surface area contributed by atoms with Crippen LogP contribution in [0.1, 0.15) is 16.7 Å². The molecular formula is C28H23ClN4O3. The van der Waals surface area contributed by atoms with Gasteiger partial charge in [-0.3, -0.25) is 10.0 Å². The van der Waals surface area contributed by atoms with Gasteiger partial charge in [-0.05, 0) is 48.0 Å². The van der Waals surface area contributed by atoms with Crippen LogP contribution in [-0.4, -0.2) is 47.4 Å². The minimum Gasteiger partial charge on any atom is -0.378 e. The van der Waals surface area contributed by atoms with Gasteiger partial charge in [0.05, 0.1) is 35.5 Å². The Hall–Kier alpha value is -4.09. The van der Waals surface area contributed by atoms with Crippen molar-refractivity contribution in [3.8, 4) is 23.2 Å². The number of ether oxygens (including phenoxy) is 1. The highest BCUT2D eigenvalue weighted by Crippen LogP contribution is 2.29. The highest BCUT2D eigenvalue weighted by atomic mass is 35.5. The SMILES string of the molecule is O=C(/C=C/c1ccc(-c2nc3cc(N4CCOCC4)c(C#Cc4ccc(Cl)cc4)cc3[nH]2)cc1)NO. The molecule has 0 atom stereocenters. The van der Waals surface area contributed by atoms with Crippen molar-refractivity contribution in [2.45, 2.75) is 0 Å². The number of anilines is 1. The summed E-state index contributed by atoms with van der Waals surface area (Å²) < 4.78 is 5.55. The van der Waals surface area contributed by atoms with Gasteiger partial charge in [0.25, 0.3) is 5.91 Å². The van der Waals surface area contributed by atoms with E-state index in [4.69, 9.17) is 26.5 Å². The van der Waals surface area contributed by atoms with Crippen LogP contribution in [0.5, 0.6) is 0 Å². The molecule has 5 rings (SSSR count). The van der Waals surface area contributed by atoms with E-state index >= 15 is 0 Å².